The van der Waals surface area contributed by atoms with E-state index in [2.05, 4.69) is 45.5 Å². The van der Waals surface area contributed by atoms with E-state index in [1.807, 2.05) is 31.3 Å². The number of hydrogen-bond acceptors (Lipinski definition) is 4. The molecule has 0 spiro atoms. The van der Waals surface area contributed by atoms with Gasteiger partial charge in [-0.05, 0) is 49.8 Å². The number of nitrogens with zero attached hydrogens (tertiary/aromatic N) is 2. The van der Waals surface area contributed by atoms with Gasteiger partial charge in [-0.1, -0.05) is 36.4 Å². The molecule has 2 N–H and O–H groups in total. The molecule has 2 atom stereocenters. The number of benzene rings is 1. The molecule has 0 radical (unpaired) electrons. The van der Waals surface area contributed by atoms with Crippen LogP contribution in [0.15, 0.2) is 54.7 Å². The number of pyridine rings is 1. The van der Waals surface area contributed by atoms with Crippen molar-refractivity contribution in [3.8, 4) is 0 Å². The lowest BCUT2D eigenvalue weighted by Gasteiger charge is -2.34. The summed E-state index contributed by atoms with van der Waals surface area (Å²) in [6, 6.07) is 17.2. The van der Waals surface area contributed by atoms with Crippen molar-refractivity contribution in [3.63, 3.8) is 0 Å². The number of hydrogen-bond donors (Lipinski definition) is 2. The molecule has 2 unspecified atom stereocenters. The summed E-state index contributed by atoms with van der Waals surface area (Å²) < 4.78 is 0. The van der Waals surface area contributed by atoms with Crippen LogP contribution in [0.25, 0.3) is 0 Å². The molecule has 1 aliphatic heterocycles. The maximum Gasteiger partial charge on any atom is 0.128 e. The van der Waals surface area contributed by atoms with Gasteiger partial charge in [0.15, 0.2) is 0 Å². The van der Waals surface area contributed by atoms with Crippen molar-refractivity contribution in [2.75, 3.05) is 24.5 Å². The fourth-order valence-corrected chi connectivity index (χ4v) is 3.64. The Labute approximate surface area is 150 Å². The minimum Gasteiger partial charge on any atom is -0.393 e. The quantitative estimate of drug-likeness (QED) is 0.813. The van der Waals surface area contributed by atoms with Crippen LogP contribution in [0.2, 0.25) is 0 Å². The molecule has 1 saturated heterocycles. The number of anilines is 1. The highest BCUT2D eigenvalue weighted by Crippen LogP contribution is 2.22. The standard InChI is InChI=1S/C21H29N3O/c1-17(25)15-19(18-7-3-2-4-8-18)16-23-20-10-13-24(14-11-20)21-9-5-6-12-22-21/h2-9,12,17,19-20,23,25H,10-11,13-16H2,1H3. The summed E-state index contributed by atoms with van der Waals surface area (Å²) in [7, 11) is 0. The molecule has 1 aliphatic rings. The zero-order valence-corrected chi connectivity index (χ0v) is 15.0. The van der Waals surface area contributed by atoms with Crippen LogP contribution in [0.5, 0.6) is 0 Å². The van der Waals surface area contributed by atoms with Gasteiger partial charge < -0.3 is 15.3 Å². The predicted molar refractivity (Wildman–Crippen MR) is 103 cm³/mol. The average molecular weight is 339 g/mol. The van der Waals surface area contributed by atoms with Gasteiger partial charge in [0.05, 0.1) is 6.10 Å². The monoisotopic (exact) mass is 339 g/mol. The van der Waals surface area contributed by atoms with Gasteiger partial charge in [-0.25, -0.2) is 4.98 Å². The second-order valence-electron chi connectivity index (χ2n) is 7.05. The fraction of sp³-hybridized carbons (Fsp3) is 0.476. The van der Waals surface area contributed by atoms with Crippen molar-refractivity contribution in [2.24, 2.45) is 0 Å². The molecule has 1 fully saturated rings. The van der Waals surface area contributed by atoms with Crippen molar-refractivity contribution in [1.29, 1.82) is 0 Å². The smallest absolute Gasteiger partial charge is 0.128 e. The van der Waals surface area contributed by atoms with Crippen molar-refractivity contribution >= 4 is 5.82 Å². The Bertz CT molecular complexity index is 610. The lowest BCUT2D eigenvalue weighted by Crippen LogP contribution is -2.44. The molecule has 0 amide bonds. The molecule has 0 bridgehead atoms. The molecule has 4 nitrogen and oxygen atoms in total. The van der Waals surface area contributed by atoms with Crippen molar-refractivity contribution < 1.29 is 5.11 Å². The van der Waals surface area contributed by atoms with E-state index < -0.39 is 0 Å². The first kappa shape index (κ1) is 17.9. The van der Waals surface area contributed by atoms with Crippen molar-refractivity contribution in [1.82, 2.24) is 10.3 Å². The summed E-state index contributed by atoms with van der Waals surface area (Å²) in [6.45, 7) is 4.88. The molecule has 4 heteroatoms. The minimum absolute atomic E-state index is 0.280. The van der Waals surface area contributed by atoms with Crippen LogP contribution in [0, 0.1) is 0 Å². The van der Waals surface area contributed by atoms with Gasteiger partial charge in [-0.2, -0.15) is 0 Å². The summed E-state index contributed by atoms with van der Waals surface area (Å²) >= 11 is 0. The SMILES string of the molecule is CC(O)CC(CNC1CCN(c2ccccn2)CC1)c1ccccc1. The van der Waals surface area contributed by atoms with Crippen LogP contribution in [-0.4, -0.2) is 41.9 Å². The van der Waals surface area contributed by atoms with Gasteiger partial charge in [-0.15, -0.1) is 0 Å². The van der Waals surface area contributed by atoms with E-state index in [1.54, 1.807) is 0 Å². The summed E-state index contributed by atoms with van der Waals surface area (Å²) in [5.74, 6) is 1.44. The Morgan fingerprint density at radius 2 is 1.84 bits per heavy atom. The average Bonchev–Trinajstić information content (AvgIpc) is 2.67. The van der Waals surface area contributed by atoms with E-state index in [4.69, 9.17) is 0 Å². The van der Waals surface area contributed by atoms with Crippen LogP contribution in [-0.2, 0) is 0 Å². The van der Waals surface area contributed by atoms with Crippen LogP contribution in [0.1, 0.15) is 37.7 Å². The predicted octanol–water partition coefficient (Wildman–Crippen LogP) is 3.19. The third-order valence-electron chi connectivity index (χ3n) is 5.02. The summed E-state index contributed by atoms with van der Waals surface area (Å²) in [5.41, 5.74) is 1.31. The minimum atomic E-state index is -0.280. The Hall–Kier alpha value is -1.91. The van der Waals surface area contributed by atoms with Crippen LogP contribution >= 0.6 is 0 Å². The maximum atomic E-state index is 9.84. The second kappa shape index (κ2) is 8.97. The Morgan fingerprint density at radius 3 is 2.48 bits per heavy atom. The van der Waals surface area contributed by atoms with Gasteiger partial charge in [0.1, 0.15) is 5.82 Å². The van der Waals surface area contributed by atoms with E-state index in [9.17, 15) is 5.11 Å². The highest BCUT2D eigenvalue weighted by molar-refractivity contribution is 5.38. The largest absolute Gasteiger partial charge is 0.393 e. The van der Waals surface area contributed by atoms with Crippen LogP contribution < -0.4 is 10.2 Å². The normalized spacial score (nSPS) is 18.1. The topological polar surface area (TPSA) is 48.4 Å². The van der Waals surface area contributed by atoms with Crippen LogP contribution in [0.3, 0.4) is 0 Å². The first-order chi connectivity index (χ1) is 12.2. The highest BCUT2D eigenvalue weighted by atomic mass is 16.3. The van der Waals surface area contributed by atoms with Gasteiger partial charge >= 0.3 is 0 Å². The van der Waals surface area contributed by atoms with Gasteiger partial charge in [0.2, 0.25) is 0 Å². The molecule has 2 aromatic rings. The summed E-state index contributed by atoms with van der Waals surface area (Å²) in [6.07, 6.45) is 4.64. The summed E-state index contributed by atoms with van der Waals surface area (Å²) in [5, 5.41) is 13.6. The molecular formula is C21H29N3O. The Balaban J connectivity index is 1.51. The molecule has 1 aromatic heterocycles. The number of aliphatic hydroxyl groups excluding tert-OH is 1. The number of rotatable bonds is 7. The second-order valence-corrected chi connectivity index (χ2v) is 7.05. The van der Waals surface area contributed by atoms with E-state index in [0.717, 1.165) is 44.7 Å². The number of piperidine rings is 1. The Kier molecular flexibility index (Phi) is 6.42. The molecule has 3 rings (SSSR count). The third kappa shape index (κ3) is 5.28. The van der Waals surface area contributed by atoms with E-state index in [1.165, 1.54) is 5.56 Å². The zero-order valence-electron chi connectivity index (χ0n) is 15.0. The first-order valence-electron chi connectivity index (χ1n) is 9.34. The van der Waals surface area contributed by atoms with Crippen molar-refractivity contribution in [2.45, 2.75) is 44.2 Å². The van der Waals surface area contributed by atoms with Gasteiger partial charge in [0.25, 0.3) is 0 Å². The molecular weight excluding hydrogens is 310 g/mol. The lowest BCUT2D eigenvalue weighted by molar-refractivity contribution is 0.172. The van der Waals surface area contributed by atoms with Gasteiger partial charge in [0, 0.05) is 31.9 Å². The Morgan fingerprint density at radius 1 is 1.12 bits per heavy atom. The molecule has 0 aliphatic carbocycles. The molecule has 2 heterocycles. The maximum absolute atomic E-state index is 9.84. The highest BCUT2D eigenvalue weighted by Gasteiger charge is 2.21. The van der Waals surface area contributed by atoms with E-state index >= 15 is 0 Å². The first-order valence-corrected chi connectivity index (χ1v) is 9.34. The molecule has 0 saturated carbocycles. The molecule has 25 heavy (non-hydrogen) atoms. The fourth-order valence-electron chi connectivity index (χ4n) is 3.64. The van der Waals surface area contributed by atoms with Gasteiger partial charge in [-0.3, -0.25) is 0 Å². The number of aromatic nitrogens is 1. The van der Waals surface area contributed by atoms with Crippen molar-refractivity contribution in [3.05, 3.63) is 60.3 Å². The summed E-state index contributed by atoms with van der Waals surface area (Å²) in [4.78, 5) is 6.82. The third-order valence-corrected chi connectivity index (χ3v) is 5.02. The molecule has 134 valence electrons. The lowest BCUT2D eigenvalue weighted by atomic mass is 9.92. The number of nitrogens with one attached hydrogen (secondary N) is 1. The van der Waals surface area contributed by atoms with E-state index in [0.29, 0.717) is 12.0 Å². The number of aliphatic hydroxyl groups is 1. The van der Waals surface area contributed by atoms with Crippen LogP contribution in [0.4, 0.5) is 5.82 Å². The molecule has 1 aromatic carbocycles. The zero-order chi connectivity index (χ0) is 17.5. The van der Waals surface area contributed by atoms with E-state index in [-0.39, 0.29) is 6.10 Å².